The lowest BCUT2D eigenvalue weighted by atomic mass is 10.1. The fourth-order valence-electron chi connectivity index (χ4n) is 2.22. The average molecular weight is 362 g/mol. The van der Waals surface area contributed by atoms with Gasteiger partial charge in [-0.05, 0) is 18.2 Å². The second-order valence-electron chi connectivity index (χ2n) is 5.11. The molecular formula is C16H11FN2O7. The van der Waals surface area contributed by atoms with Crippen LogP contribution < -0.4 is 14.8 Å². The van der Waals surface area contributed by atoms with Crippen molar-refractivity contribution in [2.75, 3.05) is 18.7 Å². The Labute approximate surface area is 145 Å². The second kappa shape index (κ2) is 7.05. The van der Waals surface area contributed by atoms with E-state index in [1.807, 2.05) is 0 Å². The van der Waals surface area contributed by atoms with Crippen LogP contribution in [-0.4, -0.2) is 30.2 Å². The van der Waals surface area contributed by atoms with Gasteiger partial charge in [0.15, 0.2) is 18.1 Å². The van der Waals surface area contributed by atoms with Gasteiger partial charge in [0.05, 0.1) is 11.0 Å². The zero-order valence-corrected chi connectivity index (χ0v) is 13.1. The topological polar surface area (TPSA) is 117 Å². The highest BCUT2D eigenvalue weighted by Gasteiger charge is 2.28. The summed E-state index contributed by atoms with van der Waals surface area (Å²) in [5.41, 5.74) is -0.734. The number of esters is 1. The molecule has 26 heavy (non-hydrogen) atoms. The Hall–Kier alpha value is -3.69. The number of carbonyl (C=O) groups is 2. The van der Waals surface area contributed by atoms with Crippen molar-refractivity contribution in [3.8, 4) is 11.5 Å². The molecule has 0 spiro atoms. The summed E-state index contributed by atoms with van der Waals surface area (Å²) >= 11 is 0. The Morgan fingerprint density at radius 2 is 1.96 bits per heavy atom. The number of rotatable bonds is 5. The molecule has 0 atom stereocenters. The molecule has 1 aliphatic heterocycles. The summed E-state index contributed by atoms with van der Waals surface area (Å²) in [5, 5.41) is 13.5. The lowest BCUT2D eigenvalue weighted by molar-refractivity contribution is -0.385. The highest BCUT2D eigenvalue weighted by Crippen LogP contribution is 2.38. The largest absolute Gasteiger partial charge is 0.454 e. The van der Waals surface area contributed by atoms with Gasteiger partial charge in [-0.15, -0.1) is 0 Å². The van der Waals surface area contributed by atoms with Crippen LogP contribution >= 0.6 is 0 Å². The molecule has 0 fully saturated rings. The van der Waals surface area contributed by atoms with Gasteiger partial charge >= 0.3 is 5.97 Å². The molecule has 2 aromatic rings. The number of halogens is 1. The minimum Gasteiger partial charge on any atom is -0.454 e. The highest BCUT2D eigenvalue weighted by atomic mass is 19.1. The number of hydrogen-bond acceptors (Lipinski definition) is 7. The summed E-state index contributed by atoms with van der Waals surface area (Å²) < 4.78 is 28.0. The van der Waals surface area contributed by atoms with Gasteiger partial charge in [0.1, 0.15) is 11.4 Å². The number of hydrogen-bond donors (Lipinski definition) is 1. The highest BCUT2D eigenvalue weighted by molar-refractivity contribution is 5.98. The van der Waals surface area contributed by atoms with Crippen LogP contribution in [0.5, 0.6) is 11.5 Å². The molecule has 9 nitrogen and oxygen atoms in total. The number of amides is 1. The molecule has 0 saturated carbocycles. The number of anilines is 1. The van der Waals surface area contributed by atoms with Crippen molar-refractivity contribution in [3.05, 3.63) is 57.9 Å². The summed E-state index contributed by atoms with van der Waals surface area (Å²) in [7, 11) is 0. The molecule has 0 unspecified atom stereocenters. The van der Waals surface area contributed by atoms with Crippen LogP contribution in [0.25, 0.3) is 0 Å². The monoisotopic (exact) mass is 362 g/mol. The van der Waals surface area contributed by atoms with E-state index in [-0.39, 0.29) is 29.5 Å². The molecule has 134 valence electrons. The van der Waals surface area contributed by atoms with Crippen LogP contribution in [0.4, 0.5) is 15.8 Å². The Balaban J connectivity index is 1.68. The van der Waals surface area contributed by atoms with E-state index in [1.54, 1.807) is 0 Å². The molecular weight excluding hydrogens is 351 g/mol. The van der Waals surface area contributed by atoms with Crippen molar-refractivity contribution < 1.29 is 33.1 Å². The number of nitrogens with zero attached hydrogens (tertiary/aromatic N) is 1. The standard InChI is InChI=1S/C16H11FN2O7/c17-9-2-1-3-10(4-9)18-15(20)7-24-16(21)11-5-13-14(26-8-25-13)6-12(11)19(22)23/h1-6H,7-8H2,(H,18,20). The van der Waals surface area contributed by atoms with E-state index >= 15 is 0 Å². The first-order valence-electron chi connectivity index (χ1n) is 7.24. The van der Waals surface area contributed by atoms with Crippen LogP contribution in [0.15, 0.2) is 36.4 Å². The molecule has 1 amide bonds. The molecule has 0 saturated heterocycles. The smallest absolute Gasteiger partial charge is 0.345 e. The molecule has 1 heterocycles. The minimum atomic E-state index is -1.08. The minimum absolute atomic E-state index is 0.124. The van der Waals surface area contributed by atoms with Gasteiger partial charge in [-0.1, -0.05) is 6.07 Å². The molecule has 0 aromatic heterocycles. The van der Waals surface area contributed by atoms with Gasteiger partial charge in [-0.3, -0.25) is 14.9 Å². The number of nitrogens with one attached hydrogen (secondary N) is 1. The van der Waals surface area contributed by atoms with Crippen molar-refractivity contribution in [2.24, 2.45) is 0 Å². The van der Waals surface area contributed by atoms with Crippen molar-refractivity contribution in [3.63, 3.8) is 0 Å². The second-order valence-corrected chi connectivity index (χ2v) is 5.11. The van der Waals surface area contributed by atoms with E-state index < -0.39 is 34.9 Å². The summed E-state index contributed by atoms with van der Waals surface area (Å²) in [6.07, 6.45) is 0. The number of nitro groups is 1. The van der Waals surface area contributed by atoms with Crippen LogP contribution in [0, 0.1) is 15.9 Å². The Kier molecular flexibility index (Phi) is 4.65. The molecule has 10 heteroatoms. The van der Waals surface area contributed by atoms with Crippen molar-refractivity contribution in [2.45, 2.75) is 0 Å². The number of nitro benzene ring substituents is 1. The molecule has 1 aliphatic rings. The summed E-state index contributed by atoms with van der Waals surface area (Å²) in [6, 6.07) is 7.30. The van der Waals surface area contributed by atoms with E-state index in [0.29, 0.717) is 0 Å². The van der Waals surface area contributed by atoms with Crippen molar-refractivity contribution >= 4 is 23.3 Å². The van der Waals surface area contributed by atoms with Gasteiger partial charge in [0, 0.05) is 11.8 Å². The van der Waals surface area contributed by atoms with Crippen LogP contribution in [0.1, 0.15) is 10.4 Å². The van der Waals surface area contributed by atoms with E-state index in [0.717, 1.165) is 18.2 Å². The molecule has 0 bridgehead atoms. The fourth-order valence-corrected chi connectivity index (χ4v) is 2.22. The lowest BCUT2D eigenvalue weighted by Crippen LogP contribution is -2.21. The van der Waals surface area contributed by atoms with Gasteiger partial charge < -0.3 is 19.5 Å². The van der Waals surface area contributed by atoms with Crippen molar-refractivity contribution in [1.29, 1.82) is 0 Å². The maximum atomic E-state index is 13.1. The fraction of sp³-hybridized carbons (Fsp3) is 0.125. The molecule has 0 radical (unpaired) electrons. The lowest BCUT2D eigenvalue weighted by Gasteiger charge is -2.07. The summed E-state index contributed by atoms with van der Waals surface area (Å²) in [4.78, 5) is 34.2. The van der Waals surface area contributed by atoms with E-state index in [1.165, 1.54) is 18.2 Å². The normalized spacial score (nSPS) is 11.7. The van der Waals surface area contributed by atoms with E-state index in [4.69, 9.17) is 14.2 Å². The maximum absolute atomic E-state index is 13.1. The third-order valence-electron chi connectivity index (χ3n) is 3.35. The van der Waals surface area contributed by atoms with Gasteiger partial charge in [0.2, 0.25) is 6.79 Å². The SMILES string of the molecule is O=C(COC(=O)c1cc2c(cc1[N+](=O)[O-])OCO2)Nc1cccc(F)c1. The third kappa shape index (κ3) is 3.69. The average Bonchev–Trinajstić information content (AvgIpc) is 3.06. The Morgan fingerprint density at radius 3 is 2.65 bits per heavy atom. The first-order valence-corrected chi connectivity index (χ1v) is 7.24. The van der Waals surface area contributed by atoms with Crippen LogP contribution in [-0.2, 0) is 9.53 Å². The first-order chi connectivity index (χ1) is 12.4. The Bertz CT molecular complexity index is 900. The predicted molar refractivity (Wildman–Crippen MR) is 84.5 cm³/mol. The number of benzene rings is 2. The molecule has 1 N–H and O–H groups in total. The van der Waals surface area contributed by atoms with Crippen molar-refractivity contribution in [1.82, 2.24) is 0 Å². The van der Waals surface area contributed by atoms with Gasteiger partial charge in [-0.25, -0.2) is 9.18 Å². The quantitative estimate of drug-likeness (QED) is 0.492. The number of fused-ring (bicyclic) bond motifs is 1. The summed E-state index contributed by atoms with van der Waals surface area (Å²) in [5.74, 6) is -2.06. The predicted octanol–water partition coefficient (Wildman–Crippen LogP) is 2.26. The van der Waals surface area contributed by atoms with Crippen LogP contribution in [0.3, 0.4) is 0 Å². The molecule has 3 rings (SSSR count). The van der Waals surface area contributed by atoms with Crippen LogP contribution in [0.2, 0.25) is 0 Å². The zero-order chi connectivity index (χ0) is 18.7. The third-order valence-corrected chi connectivity index (χ3v) is 3.35. The zero-order valence-electron chi connectivity index (χ0n) is 13.1. The van der Waals surface area contributed by atoms with E-state index in [9.17, 15) is 24.1 Å². The Morgan fingerprint density at radius 1 is 1.23 bits per heavy atom. The van der Waals surface area contributed by atoms with Gasteiger partial charge in [-0.2, -0.15) is 0 Å². The first kappa shape index (κ1) is 17.1. The molecule has 2 aromatic carbocycles. The molecule has 0 aliphatic carbocycles. The maximum Gasteiger partial charge on any atom is 0.345 e. The number of carbonyl (C=O) groups excluding carboxylic acids is 2. The number of ether oxygens (including phenoxy) is 3. The van der Waals surface area contributed by atoms with E-state index in [2.05, 4.69) is 5.32 Å². The van der Waals surface area contributed by atoms with Gasteiger partial charge in [0.25, 0.3) is 11.6 Å². The summed E-state index contributed by atoms with van der Waals surface area (Å²) in [6.45, 7) is -0.831.